The minimum absolute atomic E-state index is 0.842. The van der Waals surface area contributed by atoms with Crippen LogP contribution < -0.4 is 0 Å². The molecule has 0 rings (SSSR count). The molecular weight excluding hydrogens is 282 g/mol. The van der Waals surface area contributed by atoms with Gasteiger partial charge in [0.05, 0.1) is 0 Å². The summed E-state index contributed by atoms with van der Waals surface area (Å²) >= 11 is 5.56. The highest BCUT2D eigenvalue weighted by molar-refractivity contribution is 6.17. The lowest BCUT2D eigenvalue weighted by Crippen LogP contribution is -1.80. The molecule has 0 bridgehead atoms. The highest BCUT2D eigenvalue weighted by Gasteiger charge is 1.89. The fourth-order valence-corrected chi connectivity index (χ4v) is 1.42. The fraction of sp³-hybridized carbons (Fsp3) is 1.00. The summed E-state index contributed by atoms with van der Waals surface area (Å²) in [6.07, 6.45) is 10.9. The van der Waals surface area contributed by atoms with Crippen LogP contribution in [0.1, 0.15) is 58.3 Å². The van der Waals surface area contributed by atoms with Crippen LogP contribution in [0.15, 0.2) is 0 Å². The van der Waals surface area contributed by atoms with Gasteiger partial charge in [0.15, 0.2) is 0 Å². The van der Waals surface area contributed by atoms with Crippen LogP contribution in [0.4, 0.5) is 0 Å². The van der Waals surface area contributed by atoms with Crippen molar-refractivity contribution < 1.29 is 0 Å². The molecule has 0 aromatic rings. The Morgan fingerprint density at radius 1 is 0.600 bits per heavy atom. The van der Waals surface area contributed by atoms with Crippen molar-refractivity contribution in [2.75, 3.05) is 5.88 Å². The number of alkyl halides is 1. The first-order chi connectivity index (χ1) is 9.66. The zero-order chi connectivity index (χ0) is 16.5. The second-order valence-corrected chi connectivity index (χ2v) is 3.81. The smallest absolute Gasteiger partial charge is 0.0223 e. The molecule has 0 heterocycles. The second-order valence-electron chi connectivity index (χ2n) is 3.43. The van der Waals surface area contributed by atoms with E-state index in [1.54, 1.807) is 0 Å². The predicted octanol–water partition coefficient (Wildman–Crippen LogP) is 6.96. The van der Waals surface area contributed by atoms with E-state index >= 15 is 0 Å². The summed E-state index contributed by atoms with van der Waals surface area (Å²) in [4.78, 5) is 4.50. The molecule has 0 amide bonds. The van der Waals surface area contributed by atoms with Crippen LogP contribution in [0.5, 0.6) is 0 Å². The summed E-state index contributed by atoms with van der Waals surface area (Å²) in [5.41, 5.74) is 40.5. The average Bonchev–Trinajstić information content (AvgIpc) is 2.41. The molecule has 0 radical (unpaired) electrons. The van der Waals surface area contributed by atoms with Crippen molar-refractivity contribution in [2.45, 2.75) is 58.3 Å². The van der Waals surface area contributed by atoms with Gasteiger partial charge < -0.3 is 33.2 Å². The monoisotopic (exact) mass is 302 g/mol. The standard InChI is InChI=1S/C10H21Cl.3N3/c1-2-3-4-5-6-7-8-9-10-11;3*1-3-2/h2-10H2,1H3;;;/q;3*-1. The van der Waals surface area contributed by atoms with Crippen LogP contribution in [0, 0.1) is 0 Å². The van der Waals surface area contributed by atoms with Crippen LogP contribution >= 0.6 is 11.6 Å². The molecule has 116 valence electrons. The van der Waals surface area contributed by atoms with Crippen LogP contribution in [-0.2, 0) is 0 Å². The quantitative estimate of drug-likeness (QED) is 0.148. The molecule has 20 heavy (non-hydrogen) atoms. The number of rotatable bonds is 8. The first-order valence-electron chi connectivity index (χ1n) is 6.17. The predicted molar refractivity (Wildman–Crippen MR) is 83.6 cm³/mol. The van der Waals surface area contributed by atoms with E-state index in [4.69, 9.17) is 44.8 Å². The third-order valence-electron chi connectivity index (χ3n) is 1.99. The van der Waals surface area contributed by atoms with Gasteiger partial charge in [-0.1, -0.05) is 51.9 Å². The molecule has 0 unspecified atom stereocenters. The molecular formula is C10H21ClN9-3. The fourth-order valence-electron chi connectivity index (χ4n) is 1.23. The number of hydrogen-bond donors (Lipinski definition) is 0. The van der Waals surface area contributed by atoms with Gasteiger partial charge in [-0.3, -0.25) is 14.7 Å². The van der Waals surface area contributed by atoms with E-state index in [-0.39, 0.29) is 0 Å². The van der Waals surface area contributed by atoms with Gasteiger partial charge in [0.1, 0.15) is 0 Å². The third kappa shape index (κ3) is 97.1. The van der Waals surface area contributed by atoms with Crippen LogP contribution in [0.3, 0.4) is 0 Å². The maximum Gasteiger partial charge on any atom is 0.0223 e. The van der Waals surface area contributed by atoms with E-state index < -0.39 is 0 Å². The Labute approximate surface area is 124 Å². The Balaban J connectivity index is -0.000000117. The van der Waals surface area contributed by atoms with Crippen molar-refractivity contribution >= 4 is 11.6 Å². The van der Waals surface area contributed by atoms with E-state index in [0.29, 0.717) is 0 Å². The Morgan fingerprint density at radius 2 is 0.850 bits per heavy atom. The molecule has 0 fully saturated rings. The molecule has 0 aliphatic heterocycles. The van der Waals surface area contributed by atoms with Crippen molar-refractivity contribution in [2.24, 2.45) is 0 Å². The zero-order valence-electron chi connectivity index (χ0n) is 11.8. The Kier molecular flexibility index (Phi) is 57.9. The topological polar surface area (TPSA) is 176 Å². The lowest BCUT2D eigenvalue weighted by molar-refractivity contribution is 0.586. The molecule has 0 aromatic heterocycles. The van der Waals surface area contributed by atoms with Gasteiger partial charge in [0.2, 0.25) is 0 Å². The summed E-state index contributed by atoms with van der Waals surface area (Å²) in [5.74, 6) is 0.842. The molecule has 0 aliphatic rings. The molecule has 0 atom stereocenters. The Hall–Kier alpha value is -1.78. The van der Waals surface area contributed by atoms with E-state index in [1.807, 2.05) is 0 Å². The van der Waals surface area contributed by atoms with Crippen molar-refractivity contribution in [3.63, 3.8) is 0 Å². The highest BCUT2D eigenvalue weighted by Crippen LogP contribution is 2.08. The van der Waals surface area contributed by atoms with E-state index in [2.05, 4.69) is 6.92 Å². The molecule has 0 aromatic carbocycles. The lowest BCUT2D eigenvalue weighted by Gasteiger charge is -1.98. The van der Waals surface area contributed by atoms with Gasteiger partial charge in [-0.05, 0) is 6.42 Å². The van der Waals surface area contributed by atoms with Crippen molar-refractivity contribution in [1.82, 2.24) is 0 Å². The number of unbranched alkanes of at least 4 members (excludes halogenated alkanes) is 7. The third-order valence-corrected chi connectivity index (χ3v) is 2.25. The first kappa shape index (κ1) is 26.7. The first-order valence-corrected chi connectivity index (χ1v) is 6.71. The lowest BCUT2D eigenvalue weighted by atomic mass is 10.1. The summed E-state index contributed by atoms with van der Waals surface area (Å²) in [7, 11) is 0. The van der Waals surface area contributed by atoms with Gasteiger partial charge in [0.25, 0.3) is 0 Å². The van der Waals surface area contributed by atoms with Gasteiger partial charge in [-0.25, -0.2) is 0 Å². The number of halogens is 1. The van der Waals surface area contributed by atoms with Crippen molar-refractivity contribution in [3.05, 3.63) is 47.9 Å². The SMILES string of the molecule is CCCCCCCCCCCl.[N-]=[N+]=[N-].[N-]=[N+]=[N-].[N-]=[N+]=[N-]. The Bertz CT molecular complexity index is 215. The van der Waals surface area contributed by atoms with E-state index in [1.165, 1.54) is 66.1 Å². The maximum atomic E-state index is 6.75. The van der Waals surface area contributed by atoms with Gasteiger partial charge in [-0.2, -0.15) is 0 Å². The zero-order valence-corrected chi connectivity index (χ0v) is 12.5. The van der Waals surface area contributed by atoms with Crippen LogP contribution in [0.25, 0.3) is 47.9 Å². The molecule has 10 heteroatoms. The number of nitrogens with zero attached hydrogens (tertiary/aromatic N) is 9. The summed E-state index contributed by atoms with van der Waals surface area (Å²) < 4.78 is 0. The van der Waals surface area contributed by atoms with Crippen LogP contribution in [0.2, 0.25) is 0 Å². The summed E-state index contributed by atoms with van der Waals surface area (Å²) in [6, 6.07) is 0. The maximum absolute atomic E-state index is 6.75. The molecule has 0 aliphatic carbocycles. The molecule has 9 nitrogen and oxygen atoms in total. The van der Waals surface area contributed by atoms with Crippen LogP contribution in [-0.4, -0.2) is 5.88 Å². The average molecular weight is 303 g/mol. The summed E-state index contributed by atoms with van der Waals surface area (Å²) in [6.45, 7) is 2.26. The largest absolute Gasteiger partial charge is 0.373 e. The normalized spacial score (nSPS) is 6.90. The van der Waals surface area contributed by atoms with Crippen molar-refractivity contribution in [1.29, 1.82) is 0 Å². The number of hydrogen-bond acceptors (Lipinski definition) is 0. The van der Waals surface area contributed by atoms with E-state index in [0.717, 1.165) is 5.88 Å². The van der Waals surface area contributed by atoms with Crippen molar-refractivity contribution in [3.8, 4) is 0 Å². The summed E-state index contributed by atoms with van der Waals surface area (Å²) in [5, 5.41) is 0. The minimum atomic E-state index is 0.842. The molecule has 0 N–H and O–H groups in total. The Morgan fingerprint density at radius 3 is 1.10 bits per heavy atom. The second kappa shape index (κ2) is 43.4. The molecule has 0 saturated heterocycles. The van der Waals surface area contributed by atoms with Gasteiger partial charge >= 0.3 is 0 Å². The highest BCUT2D eigenvalue weighted by atomic mass is 35.5. The molecule has 0 spiro atoms. The van der Waals surface area contributed by atoms with Gasteiger partial charge in [-0.15, -0.1) is 11.6 Å². The minimum Gasteiger partial charge on any atom is -0.373 e. The van der Waals surface area contributed by atoms with E-state index in [9.17, 15) is 0 Å². The van der Waals surface area contributed by atoms with Gasteiger partial charge in [0, 0.05) is 5.88 Å². The molecule has 0 saturated carbocycles.